The van der Waals surface area contributed by atoms with Gasteiger partial charge in [-0.1, -0.05) is 12.1 Å². The summed E-state index contributed by atoms with van der Waals surface area (Å²) >= 11 is 0. The SMILES string of the molecule is CCOC(=O)C(N1C(=O)c2ccccc2C1=O)C(F)(F)C(F)(F)C(F)(F)F. The van der Waals surface area contributed by atoms with Gasteiger partial charge < -0.3 is 4.74 Å². The molecule has 1 aromatic carbocycles. The third kappa shape index (κ3) is 3.02. The molecule has 0 bridgehead atoms. The van der Waals surface area contributed by atoms with Gasteiger partial charge >= 0.3 is 24.0 Å². The molecule has 0 N–H and O–H groups in total. The molecule has 0 aliphatic carbocycles. The summed E-state index contributed by atoms with van der Waals surface area (Å²) < 4.78 is 97.1. The minimum absolute atomic E-state index is 0.525. The maximum absolute atomic E-state index is 14.2. The Morgan fingerprint density at radius 2 is 1.44 bits per heavy atom. The highest BCUT2D eigenvalue weighted by Gasteiger charge is 2.78. The van der Waals surface area contributed by atoms with E-state index in [2.05, 4.69) is 4.74 Å². The number of alkyl halides is 7. The number of carbonyl (C=O) groups excluding carboxylic acids is 3. The highest BCUT2D eigenvalue weighted by molar-refractivity contribution is 6.22. The number of hydrogen-bond acceptors (Lipinski definition) is 4. The monoisotopic (exact) mass is 401 g/mol. The predicted octanol–water partition coefficient (Wildman–Crippen LogP) is 3.05. The van der Waals surface area contributed by atoms with Gasteiger partial charge in [-0.25, -0.2) is 4.79 Å². The molecule has 1 aliphatic rings. The van der Waals surface area contributed by atoms with Crippen molar-refractivity contribution in [1.29, 1.82) is 0 Å². The zero-order chi connectivity index (χ0) is 20.8. The zero-order valence-electron chi connectivity index (χ0n) is 13.3. The highest BCUT2D eigenvalue weighted by Crippen LogP contribution is 2.50. The number of halogens is 7. The second-order valence-electron chi connectivity index (χ2n) is 5.38. The Balaban J connectivity index is 2.63. The van der Waals surface area contributed by atoms with Gasteiger partial charge in [0, 0.05) is 0 Å². The molecule has 1 aliphatic heterocycles. The maximum atomic E-state index is 14.2. The van der Waals surface area contributed by atoms with Crippen LogP contribution in [-0.2, 0) is 9.53 Å². The summed E-state index contributed by atoms with van der Waals surface area (Å²) in [4.78, 5) is 35.7. The maximum Gasteiger partial charge on any atom is 0.459 e. The van der Waals surface area contributed by atoms with Crippen molar-refractivity contribution in [3.63, 3.8) is 0 Å². The molecule has 2 rings (SSSR count). The van der Waals surface area contributed by atoms with Crippen LogP contribution in [0, 0.1) is 0 Å². The summed E-state index contributed by atoms with van der Waals surface area (Å²) in [5.41, 5.74) is -1.05. The van der Waals surface area contributed by atoms with Gasteiger partial charge in [0.1, 0.15) is 0 Å². The second-order valence-corrected chi connectivity index (χ2v) is 5.38. The van der Waals surface area contributed by atoms with Gasteiger partial charge in [0.15, 0.2) is 0 Å². The van der Waals surface area contributed by atoms with Crippen molar-refractivity contribution in [3.05, 3.63) is 35.4 Å². The lowest BCUT2D eigenvalue weighted by molar-refractivity contribution is -0.361. The van der Waals surface area contributed by atoms with Crippen molar-refractivity contribution in [3.8, 4) is 0 Å². The minimum atomic E-state index is -6.76. The molecule has 1 heterocycles. The number of carbonyl (C=O) groups is 3. The molecule has 1 unspecified atom stereocenters. The van der Waals surface area contributed by atoms with E-state index in [0.717, 1.165) is 19.1 Å². The lowest BCUT2D eigenvalue weighted by Gasteiger charge is -2.36. The number of imide groups is 1. The number of rotatable bonds is 5. The average Bonchev–Trinajstić information content (AvgIpc) is 2.80. The van der Waals surface area contributed by atoms with Crippen LogP contribution >= 0.6 is 0 Å². The molecule has 0 spiro atoms. The first-order valence-corrected chi connectivity index (χ1v) is 7.25. The molecule has 2 amide bonds. The minimum Gasteiger partial charge on any atom is -0.464 e. The van der Waals surface area contributed by atoms with Crippen molar-refractivity contribution in [2.75, 3.05) is 6.61 Å². The van der Waals surface area contributed by atoms with Crippen LogP contribution in [0.15, 0.2) is 24.3 Å². The Bertz CT molecular complexity index is 756. The van der Waals surface area contributed by atoms with Crippen LogP contribution in [0.3, 0.4) is 0 Å². The van der Waals surface area contributed by atoms with Gasteiger partial charge in [-0.3, -0.25) is 14.5 Å². The van der Waals surface area contributed by atoms with Crippen LogP contribution < -0.4 is 0 Å². The molecule has 27 heavy (non-hydrogen) atoms. The van der Waals surface area contributed by atoms with E-state index in [4.69, 9.17) is 0 Å². The standard InChI is InChI=1S/C15H10F7NO4/c1-2-27-12(26)9(13(16,17)14(18,19)15(20,21)22)23-10(24)7-5-3-4-6-8(7)11(23)25/h3-6,9H,2H2,1H3. The smallest absolute Gasteiger partial charge is 0.459 e. The van der Waals surface area contributed by atoms with Crippen molar-refractivity contribution >= 4 is 17.8 Å². The summed E-state index contributed by atoms with van der Waals surface area (Å²) in [7, 11) is 0. The number of amides is 2. The van der Waals surface area contributed by atoms with Crippen LogP contribution in [0.4, 0.5) is 30.7 Å². The van der Waals surface area contributed by atoms with Crippen LogP contribution in [0.5, 0.6) is 0 Å². The second kappa shape index (κ2) is 6.50. The van der Waals surface area contributed by atoms with Gasteiger partial charge in [-0.05, 0) is 19.1 Å². The van der Waals surface area contributed by atoms with Gasteiger partial charge in [0.25, 0.3) is 11.8 Å². The van der Waals surface area contributed by atoms with Gasteiger partial charge in [-0.2, -0.15) is 30.7 Å². The first kappa shape index (κ1) is 20.6. The quantitative estimate of drug-likeness (QED) is 0.432. The summed E-state index contributed by atoms with van der Waals surface area (Å²) in [6.07, 6.45) is -6.76. The van der Waals surface area contributed by atoms with E-state index in [1.54, 1.807) is 0 Å². The Morgan fingerprint density at radius 1 is 1.00 bits per heavy atom. The fraction of sp³-hybridized carbons (Fsp3) is 0.400. The predicted molar refractivity (Wildman–Crippen MR) is 73.3 cm³/mol. The van der Waals surface area contributed by atoms with E-state index in [9.17, 15) is 45.1 Å². The number of ether oxygens (including phenoxy) is 1. The van der Waals surface area contributed by atoms with Crippen molar-refractivity contribution in [2.24, 2.45) is 0 Å². The van der Waals surface area contributed by atoms with Gasteiger partial charge in [-0.15, -0.1) is 0 Å². The van der Waals surface area contributed by atoms with Crippen molar-refractivity contribution in [2.45, 2.75) is 31.0 Å². The van der Waals surface area contributed by atoms with Crippen LogP contribution in [0.2, 0.25) is 0 Å². The number of fused-ring (bicyclic) bond motifs is 1. The third-order valence-electron chi connectivity index (χ3n) is 3.71. The molecular weight excluding hydrogens is 391 g/mol. The first-order chi connectivity index (χ1) is 12.3. The Hall–Kier alpha value is -2.66. The van der Waals surface area contributed by atoms with Crippen LogP contribution in [0.1, 0.15) is 27.6 Å². The van der Waals surface area contributed by atoms with Crippen molar-refractivity contribution in [1.82, 2.24) is 4.90 Å². The molecule has 12 heteroatoms. The first-order valence-electron chi connectivity index (χ1n) is 7.25. The Morgan fingerprint density at radius 3 is 1.81 bits per heavy atom. The fourth-order valence-electron chi connectivity index (χ4n) is 2.44. The number of nitrogens with zero attached hydrogens (tertiary/aromatic N) is 1. The van der Waals surface area contributed by atoms with Crippen LogP contribution in [0.25, 0.3) is 0 Å². The van der Waals surface area contributed by atoms with Gasteiger partial charge in [0.05, 0.1) is 17.7 Å². The van der Waals surface area contributed by atoms with E-state index >= 15 is 0 Å². The van der Waals surface area contributed by atoms with E-state index in [1.165, 1.54) is 12.1 Å². The summed E-state index contributed by atoms with van der Waals surface area (Å²) in [6.45, 7) is 0.392. The fourth-order valence-corrected chi connectivity index (χ4v) is 2.44. The molecule has 1 aromatic rings. The molecule has 0 saturated heterocycles. The molecular formula is C15H10F7NO4. The van der Waals surface area contributed by atoms with Crippen molar-refractivity contribution < 1.29 is 49.9 Å². The molecule has 5 nitrogen and oxygen atoms in total. The lowest BCUT2D eigenvalue weighted by Crippen LogP contribution is -2.66. The third-order valence-corrected chi connectivity index (χ3v) is 3.71. The number of hydrogen-bond donors (Lipinski definition) is 0. The molecule has 0 radical (unpaired) electrons. The molecule has 1 atom stereocenters. The normalized spacial score (nSPS) is 16.4. The van der Waals surface area contributed by atoms with E-state index in [0.29, 0.717) is 0 Å². The summed E-state index contributed by atoms with van der Waals surface area (Å²) in [5, 5.41) is 0. The summed E-state index contributed by atoms with van der Waals surface area (Å²) in [6, 6.07) is 0.529. The van der Waals surface area contributed by atoms with Crippen LogP contribution in [-0.4, -0.2) is 53.4 Å². The number of benzene rings is 1. The summed E-state index contributed by atoms with van der Waals surface area (Å²) in [5.74, 6) is -18.4. The molecule has 0 aromatic heterocycles. The number of esters is 1. The Kier molecular flexibility index (Phi) is 4.97. The molecule has 148 valence electrons. The molecule has 0 fully saturated rings. The molecule has 0 saturated carbocycles. The largest absolute Gasteiger partial charge is 0.464 e. The topological polar surface area (TPSA) is 63.7 Å². The van der Waals surface area contributed by atoms with E-state index < -0.39 is 64.5 Å². The highest BCUT2D eigenvalue weighted by atomic mass is 19.4. The Labute approximate surface area is 146 Å². The van der Waals surface area contributed by atoms with Gasteiger partial charge in [0.2, 0.25) is 6.04 Å². The van der Waals surface area contributed by atoms with E-state index in [1.807, 2.05) is 0 Å². The zero-order valence-corrected chi connectivity index (χ0v) is 13.3. The average molecular weight is 401 g/mol. The lowest BCUT2D eigenvalue weighted by atomic mass is 10.0. The van der Waals surface area contributed by atoms with E-state index in [-0.39, 0.29) is 0 Å².